The van der Waals surface area contributed by atoms with Crippen molar-refractivity contribution in [2.24, 2.45) is 0 Å². The van der Waals surface area contributed by atoms with Crippen LogP contribution in [0.3, 0.4) is 0 Å². The second kappa shape index (κ2) is 8.59. The molecule has 1 unspecified atom stereocenters. The first-order chi connectivity index (χ1) is 15.5. The maximum Gasteiger partial charge on any atom is 0.410 e. The fourth-order valence-electron chi connectivity index (χ4n) is 3.60. The average molecular weight is 519 g/mol. The minimum atomic E-state index is -0.873. The zero-order valence-corrected chi connectivity index (χ0v) is 19.8. The van der Waals surface area contributed by atoms with Crippen LogP contribution in [0.5, 0.6) is 0 Å². The Balaban J connectivity index is 1.74. The lowest BCUT2D eigenvalue weighted by Gasteiger charge is -2.24. The number of hydrogen-bond acceptors (Lipinski definition) is 6. The number of nitrogens with zero attached hydrogens (tertiary/aromatic N) is 5. The van der Waals surface area contributed by atoms with Gasteiger partial charge in [-0.15, -0.1) is 0 Å². The molecule has 0 spiro atoms. The van der Waals surface area contributed by atoms with Gasteiger partial charge in [0.25, 0.3) is 0 Å². The quantitative estimate of drug-likeness (QED) is 0.488. The van der Waals surface area contributed by atoms with E-state index in [1.807, 2.05) is 20.8 Å². The number of halogens is 3. The highest BCUT2D eigenvalue weighted by Gasteiger charge is 2.33. The third-order valence-corrected chi connectivity index (χ3v) is 5.61. The standard InChI is InChI=1S/C22H21BrF2N6O2/c1-22(2,3)33-21(32)30-7-6-12(11-30)31-19-14(23)8-28-20(26)18(19)17(29-31)5-4-13-15(24)9-27-10-16(13)25/h8-10,12H,6-7,11H2,1-3H3,(H2,26,28). The first-order valence-electron chi connectivity index (χ1n) is 10.2. The molecule has 3 aromatic rings. The van der Waals surface area contributed by atoms with Crippen molar-refractivity contribution >= 4 is 38.7 Å². The zero-order valence-electron chi connectivity index (χ0n) is 18.2. The lowest BCUT2D eigenvalue weighted by Crippen LogP contribution is -2.35. The molecule has 1 atom stereocenters. The Hall–Kier alpha value is -3.26. The zero-order chi connectivity index (χ0) is 23.9. The van der Waals surface area contributed by atoms with E-state index in [4.69, 9.17) is 10.5 Å². The number of carbonyl (C=O) groups is 1. The van der Waals surface area contributed by atoms with Gasteiger partial charge in [-0.3, -0.25) is 9.67 Å². The van der Waals surface area contributed by atoms with Crippen LogP contribution in [0.15, 0.2) is 23.1 Å². The third kappa shape index (κ3) is 4.61. The van der Waals surface area contributed by atoms with Gasteiger partial charge in [-0.25, -0.2) is 18.6 Å². The molecule has 3 aromatic heterocycles. The Morgan fingerprint density at radius 1 is 1.24 bits per heavy atom. The lowest BCUT2D eigenvalue weighted by atomic mass is 10.2. The number of aromatic nitrogens is 4. The van der Waals surface area contributed by atoms with Gasteiger partial charge in [-0.05, 0) is 49.0 Å². The molecule has 0 saturated carbocycles. The van der Waals surface area contributed by atoms with Crippen LogP contribution in [0.2, 0.25) is 0 Å². The Kier molecular flexibility index (Phi) is 5.97. The molecule has 33 heavy (non-hydrogen) atoms. The Morgan fingerprint density at radius 3 is 2.61 bits per heavy atom. The summed E-state index contributed by atoms with van der Waals surface area (Å²) >= 11 is 3.48. The van der Waals surface area contributed by atoms with Crippen LogP contribution in [0.1, 0.15) is 44.5 Å². The fourth-order valence-corrected chi connectivity index (χ4v) is 4.08. The topological polar surface area (TPSA) is 99.2 Å². The number of nitrogen functional groups attached to an aromatic ring is 1. The number of hydrogen-bond donors (Lipinski definition) is 1. The van der Waals surface area contributed by atoms with Crippen LogP contribution in [0.4, 0.5) is 19.4 Å². The molecule has 172 valence electrons. The Morgan fingerprint density at radius 2 is 1.94 bits per heavy atom. The van der Waals surface area contributed by atoms with E-state index in [-0.39, 0.29) is 17.6 Å². The summed E-state index contributed by atoms with van der Waals surface area (Å²) in [5.41, 5.74) is 5.97. The molecule has 1 fully saturated rings. The van der Waals surface area contributed by atoms with E-state index in [0.717, 1.165) is 12.4 Å². The molecule has 0 bridgehead atoms. The summed E-state index contributed by atoms with van der Waals surface area (Å²) < 4.78 is 35.8. The van der Waals surface area contributed by atoms with Crippen molar-refractivity contribution < 1.29 is 18.3 Å². The molecule has 1 amide bonds. The molecule has 1 aliphatic rings. The van der Waals surface area contributed by atoms with Crippen LogP contribution in [0.25, 0.3) is 10.9 Å². The number of likely N-dealkylation sites (tertiary alicyclic amines) is 1. The van der Waals surface area contributed by atoms with E-state index in [9.17, 15) is 13.6 Å². The summed E-state index contributed by atoms with van der Waals surface area (Å²) in [6.07, 6.45) is 3.56. The maximum absolute atomic E-state index is 14.0. The number of fused-ring (bicyclic) bond motifs is 1. The Bertz CT molecular complexity index is 1290. The van der Waals surface area contributed by atoms with Gasteiger partial charge in [-0.1, -0.05) is 5.92 Å². The first kappa shape index (κ1) is 22.9. The second-order valence-electron chi connectivity index (χ2n) is 8.61. The molecule has 0 radical (unpaired) electrons. The maximum atomic E-state index is 14.0. The van der Waals surface area contributed by atoms with Crippen molar-refractivity contribution in [3.8, 4) is 11.8 Å². The van der Waals surface area contributed by atoms with Gasteiger partial charge >= 0.3 is 6.09 Å². The Labute approximate surface area is 197 Å². The molecule has 8 nitrogen and oxygen atoms in total. The highest BCUT2D eigenvalue weighted by atomic mass is 79.9. The van der Waals surface area contributed by atoms with Crippen molar-refractivity contribution in [2.75, 3.05) is 18.8 Å². The predicted octanol–water partition coefficient (Wildman–Crippen LogP) is 4.03. The molecule has 4 rings (SSSR count). The van der Waals surface area contributed by atoms with Gasteiger partial charge in [0, 0.05) is 19.3 Å². The van der Waals surface area contributed by atoms with Crippen LogP contribution in [-0.2, 0) is 4.74 Å². The number of rotatable bonds is 1. The summed E-state index contributed by atoms with van der Waals surface area (Å²) in [6, 6.07) is -0.178. The predicted molar refractivity (Wildman–Crippen MR) is 121 cm³/mol. The van der Waals surface area contributed by atoms with Gasteiger partial charge in [0.15, 0.2) is 11.6 Å². The monoisotopic (exact) mass is 518 g/mol. The molecule has 0 aromatic carbocycles. The molecule has 4 heterocycles. The smallest absolute Gasteiger partial charge is 0.410 e. The minimum Gasteiger partial charge on any atom is -0.444 e. The molecular formula is C22H21BrF2N6O2. The fraction of sp³-hybridized carbons (Fsp3) is 0.364. The highest BCUT2D eigenvalue weighted by molar-refractivity contribution is 9.10. The van der Waals surface area contributed by atoms with E-state index in [0.29, 0.717) is 34.9 Å². The highest BCUT2D eigenvalue weighted by Crippen LogP contribution is 2.34. The van der Waals surface area contributed by atoms with Crippen molar-refractivity contribution in [3.05, 3.63) is 46.0 Å². The number of carbonyl (C=O) groups excluding carboxylic acids is 1. The van der Waals surface area contributed by atoms with E-state index in [2.05, 4.69) is 42.8 Å². The van der Waals surface area contributed by atoms with Crippen LogP contribution in [0, 0.1) is 23.5 Å². The number of amides is 1. The summed E-state index contributed by atoms with van der Waals surface area (Å²) in [5, 5.41) is 5.05. The van der Waals surface area contributed by atoms with E-state index in [1.54, 1.807) is 15.8 Å². The van der Waals surface area contributed by atoms with E-state index < -0.39 is 28.9 Å². The third-order valence-electron chi connectivity index (χ3n) is 5.03. The van der Waals surface area contributed by atoms with Gasteiger partial charge in [0.05, 0.1) is 39.4 Å². The second-order valence-corrected chi connectivity index (χ2v) is 9.46. The van der Waals surface area contributed by atoms with E-state index >= 15 is 0 Å². The lowest BCUT2D eigenvalue weighted by molar-refractivity contribution is 0.0288. The number of anilines is 1. The summed E-state index contributed by atoms with van der Waals surface area (Å²) in [5.74, 6) is 3.66. The van der Waals surface area contributed by atoms with Crippen molar-refractivity contribution in [3.63, 3.8) is 0 Å². The minimum absolute atomic E-state index is 0.178. The van der Waals surface area contributed by atoms with Gasteiger partial charge in [-0.2, -0.15) is 5.10 Å². The number of ether oxygens (including phenoxy) is 1. The first-order valence-corrected chi connectivity index (χ1v) is 11.0. The molecule has 1 aliphatic heterocycles. The number of pyridine rings is 2. The van der Waals surface area contributed by atoms with Crippen molar-refractivity contribution in [2.45, 2.75) is 38.8 Å². The van der Waals surface area contributed by atoms with Crippen LogP contribution in [-0.4, -0.2) is 49.4 Å². The summed E-state index contributed by atoms with van der Waals surface area (Å²) in [6.45, 7) is 6.30. The molecule has 11 heteroatoms. The molecule has 0 aliphatic carbocycles. The van der Waals surface area contributed by atoms with E-state index in [1.165, 1.54) is 0 Å². The SMILES string of the molecule is CC(C)(C)OC(=O)N1CCC(n2nc(C#Cc3c(F)cncc3F)c3c(N)ncc(Br)c32)C1. The molecular weight excluding hydrogens is 498 g/mol. The van der Waals surface area contributed by atoms with Gasteiger partial charge in [0.2, 0.25) is 0 Å². The largest absolute Gasteiger partial charge is 0.444 e. The summed E-state index contributed by atoms with van der Waals surface area (Å²) in [7, 11) is 0. The number of nitrogens with two attached hydrogens (primary N) is 1. The van der Waals surface area contributed by atoms with Gasteiger partial charge in [0.1, 0.15) is 17.1 Å². The average Bonchev–Trinajstić information content (AvgIpc) is 3.35. The normalized spacial score (nSPS) is 16.1. The molecule has 2 N–H and O–H groups in total. The summed E-state index contributed by atoms with van der Waals surface area (Å²) in [4.78, 5) is 21.7. The molecule has 1 saturated heterocycles. The van der Waals surface area contributed by atoms with Crippen LogP contribution < -0.4 is 5.73 Å². The van der Waals surface area contributed by atoms with Crippen molar-refractivity contribution in [1.29, 1.82) is 0 Å². The van der Waals surface area contributed by atoms with Gasteiger partial charge < -0.3 is 15.4 Å². The van der Waals surface area contributed by atoms with Crippen LogP contribution >= 0.6 is 15.9 Å². The van der Waals surface area contributed by atoms with Crippen molar-refractivity contribution in [1.82, 2.24) is 24.6 Å².